The zero-order valence-corrected chi connectivity index (χ0v) is 11.6. The first-order valence-corrected chi connectivity index (χ1v) is 5.82. The zero-order chi connectivity index (χ0) is 15.0. The molecule has 1 aromatic heterocycles. The number of nitro groups is 1. The molecule has 0 aliphatic carbocycles. The second-order valence-corrected chi connectivity index (χ2v) is 4.28. The van der Waals surface area contributed by atoms with E-state index in [9.17, 15) is 14.9 Å². The topological polar surface area (TPSA) is 83.6 Å². The van der Waals surface area contributed by atoms with Gasteiger partial charge in [-0.3, -0.25) is 10.1 Å². The van der Waals surface area contributed by atoms with Gasteiger partial charge in [-0.25, -0.2) is 4.79 Å². The highest BCUT2D eigenvalue weighted by atomic mass is 16.6. The van der Waals surface area contributed by atoms with Crippen LogP contribution in [0.2, 0.25) is 0 Å². The van der Waals surface area contributed by atoms with E-state index in [4.69, 9.17) is 9.47 Å². The minimum atomic E-state index is -0.607. The molecule has 0 radical (unpaired) electrons. The molecule has 0 atom stereocenters. The van der Waals surface area contributed by atoms with Crippen molar-refractivity contribution in [2.24, 2.45) is 7.05 Å². The summed E-state index contributed by atoms with van der Waals surface area (Å²) < 4.78 is 11.5. The molecule has 20 heavy (non-hydrogen) atoms. The van der Waals surface area contributed by atoms with Crippen molar-refractivity contribution < 1.29 is 19.2 Å². The predicted molar refractivity (Wildman–Crippen MR) is 72.2 cm³/mol. The number of rotatable bonds is 3. The largest absolute Gasteiger partial charge is 0.490 e. The first-order valence-electron chi connectivity index (χ1n) is 5.82. The molecule has 0 saturated carbocycles. The Labute approximate surface area is 114 Å². The number of nitro benzene ring substituents is 1. The molecule has 0 saturated heterocycles. The van der Waals surface area contributed by atoms with Gasteiger partial charge < -0.3 is 14.0 Å². The molecule has 0 aliphatic heterocycles. The summed E-state index contributed by atoms with van der Waals surface area (Å²) >= 11 is 0. The normalized spacial score (nSPS) is 10.6. The van der Waals surface area contributed by atoms with E-state index >= 15 is 0 Å². The van der Waals surface area contributed by atoms with Crippen molar-refractivity contribution in [2.45, 2.75) is 6.92 Å². The van der Waals surface area contributed by atoms with Crippen molar-refractivity contribution in [3.05, 3.63) is 33.5 Å². The summed E-state index contributed by atoms with van der Waals surface area (Å²) in [7, 11) is 4.33. The van der Waals surface area contributed by atoms with Crippen LogP contribution >= 0.6 is 0 Å². The smallest absolute Gasteiger partial charge is 0.340 e. The highest BCUT2D eigenvalue weighted by Crippen LogP contribution is 2.39. The van der Waals surface area contributed by atoms with Crippen LogP contribution in [-0.2, 0) is 11.8 Å². The number of carbonyl (C=O) groups is 1. The molecule has 2 rings (SSSR count). The molecular weight excluding hydrogens is 264 g/mol. The summed E-state index contributed by atoms with van der Waals surface area (Å²) in [5, 5.41) is 11.6. The Morgan fingerprint density at radius 3 is 2.50 bits per heavy atom. The van der Waals surface area contributed by atoms with Crippen LogP contribution in [0.1, 0.15) is 16.1 Å². The number of nitrogens with zero attached hydrogens (tertiary/aromatic N) is 2. The maximum atomic E-state index is 11.9. The Balaban J connectivity index is 3.02. The second-order valence-electron chi connectivity index (χ2n) is 4.28. The molecule has 0 fully saturated rings. The number of esters is 1. The first kappa shape index (κ1) is 13.9. The van der Waals surface area contributed by atoms with Crippen LogP contribution in [0.5, 0.6) is 5.75 Å². The quantitative estimate of drug-likeness (QED) is 0.488. The van der Waals surface area contributed by atoms with Gasteiger partial charge in [0.1, 0.15) is 0 Å². The van der Waals surface area contributed by atoms with E-state index in [2.05, 4.69) is 0 Å². The molecule has 7 nitrogen and oxygen atoms in total. The fourth-order valence-corrected chi connectivity index (χ4v) is 2.31. The van der Waals surface area contributed by atoms with E-state index in [1.165, 1.54) is 20.3 Å². The average Bonchev–Trinajstić information content (AvgIpc) is 2.69. The third-order valence-electron chi connectivity index (χ3n) is 3.39. The lowest BCUT2D eigenvalue weighted by molar-refractivity contribution is -0.384. The molecule has 0 N–H and O–H groups in total. The van der Waals surface area contributed by atoms with Gasteiger partial charge in [-0.2, -0.15) is 0 Å². The molecule has 2 aromatic rings. The van der Waals surface area contributed by atoms with Crippen molar-refractivity contribution >= 4 is 22.6 Å². The summed E-state index contributed by atoms with van der Waals surface area (Å²) in [5.41, 5.74) is 1.14. The SMILES string of the molecule is COC(=O)c1c(C)n(C)c2ccc(OC)c([N+](=O)[O-])c12. The van der Waals surface area contributed by atoms with Crippen LogP contribution in [0.15, 0.2) is 12.1 Å². The highest BCUT2D eigenvalue weighted by Gasteiger charge is 2.29. The lowest BCUT2D eigenvalue weighted by Crippen LogP contribution is -2.04. The number of aromatic nitrogens is 1. The van der Waals surface area contributed by atoms with Crippen LogP contribution in [0, 0.1) is 17.0 Å². The number of aryl methyl sites for hydroxylation is 1. The Hall–Kier alpha value is -2.57. The summed E-state index contributed by atoms with van der Waals surface area (Å²) in [6, 6.07) is 3.20. The Kier molecular flexibility index (Phi) is 3.35. The van der Waals surface area contributed by atoms with E-state index in [-0.39, 0.29) is 22.4 Å². The third kappa shape index (κ3) is 1.78. The number of carbonyl (C=O) groups excluding carboxylic acids is 1. The van der Waals surface area contributed by atoms with Crippen LogP contribution < -0.4 is 4.74 Å². The van der Waals surface area contributed by atoms with Gasteiger partial charge in [0.05, 0.1) is 35.6 Å². The summed E-state index contributed by atoms with van der Waals surface area (Å²) in [4.78, 5) is 22.7. The van der Waals surface area contributed by atoms with E-state index in [1.54, 1.807) is 24.6 Å². The average molecular weight is 278 g/mol. The molecular formula is C13H14N2O5. The molecule has 0 bridgehead atoms. The maximum Gasteiger partial charge on any atom is 0.340 e. The number of ether oxygens (including phenoxy) is 2. The van der Waals surface area contributed by atoms with Gasteiger partial charge in [0.15, 0.2) is 5.75 Å². The van der Waals surface area contributed by atoms with Gasteiger partial charge in [-0.15, -0.1) is 0 Å². The predicted octanol–water partition coefficient (Wildman–Crippen LogP) is 2.19. The van der Waals surface area contributed by atoms with E-state index in [0.29, 0.717) is 11.2 Å². The number of hydrogen-bond acceptors (Lipinski definition) is 5. The van der Waals surface area contributed by atoms with Crippen molar-refractivity contribution in [1.82, 2.24) is 4.57 Å². The molecule has 1 aromatic carbocycles. The number of benzene rings is 1. The fourth-order valence-electron chi connectivity index (χ4n) is 2.31. The Bertz CT molecular complexity index is 717. The Morgan fingerprint density at radius 2 is 2.00 bits per heavy atom. The van der Waals surface area contributed by atoms with Crippen LogP contribution in [-0.4, -0.2) is 29.7 Å². The highest BCUT2D eigenvalue weighted by molar-refractivity contribution is 6.10. The second kappa shape index (κ2) is 4.84. The standard InChI is InChI=1S/C13H14N2O5/c1-7-10(13(16)20-4)11-8(14(7)2)5-6-9(19-3)12(11)15(17)18/h5-6H,1-4H3. The van der Waals surface area contributed by atoms with E-state index in [1.807, 2.05) is 0 Å². The van der Waals surface area contributed by atoms with Gasteiger partial charge >= 0.3 is 11.7 Å². The molecule has 0 unspecified atom stereocenters. The molecule has 106 valence electrons. The number of fused-ring (bicyclic) bond motifs is 1. The molecule has 0 spiro atoms. The summed E-state index contributed by atoms with van der Waals surface area (Å²) in [6.45, 7) is 1.71. The molecule has 0 amide bonds. The molecule has 0 aliphatic rings. The van der Waals surface area contributed by atoms with Crippen LogP contribution in [0.4, 0.5) is 5.69 Å². The van der Waals surface area contributed by atoms with E-state index < -0.39 is 10.9 Å². The third-order valence-corrected chi connectivity index (χ3v) is 3.39. The van der Waals surface area contributed by atoms with Gasteiger partial charge in [-0.05, 0) is 19.1 Å². The minimum Gasteiger partial charge on any atom is -0.490 e. The van der Waals surface area contributed by atoms with Gasteiger partial charge in [0, 0.05) is 12.7 Å². The number of hydrogen-bond donors (Lipinski definition) is 0. The van der Waals surface area contributed by atoms with E-state index in [0.717, 1.165) is 0 Å². The Morgan fingerprint density at radius 1 is 1.35 bits per heavy atom. The first-order chi connectivity index (χ1) is 9.43. The van der Waals surface area contributed by atoms with Crippen molar-refractivity contribution in [3.8, 4) is 5.75 Å². The van der Waals surface area contributed by atoms with Gasteiger partial charge in [0.25, 0.3) is 0 Å². The molecule has 7 heteroatoms. The van der Waals surface area contributed by atoms with Crippen molar-refractivity contribution in [3.63, 3.8) is 0 Å². The number of methoxy groups -OCH3 is 2. The van der Waals surface area contributed by atoms with Gasteiger partial charge in [-0.1, -0.05) is 0 Å². The maximum absolute atomic E-state index is 11.9. The summed E-state index contributed by atoms with van der Waals surface area (Å²) in [6.07, 6.45) is 0. The molecule has 1 heterocycles. The lowest BCUT2D eigenvalue weighted by Gasteiger charge is -2.04. The minimum absolute atomic E-state index is 0.109. The lowest BCUT2D eigenvalue weighted by atomic mass is 10.1. The van der Waals surface area contributed by atoms with Crippen LogP contribution in [0.3, 0.4) is 0 Å². The monoisotopic (exact) mass is 278 g/mol. The zero-order valence-electron chi connectivity index (χ0n) is 11.6. The van der Waals surface area contributed by atoms with Crippen LogP contribution in [0.25, 0.3) is 10.9 Å². The van der Waals surface area contributed by atoms with Crippen molar-refractivity contribution in [2.75, 3.05) is 14.2 Å². The fraction of sp³-hybridized carbons (Fsp3) is 0.308. The summed E-state index contributed by atoms with van der Waals surface area (Å²) in [5.74, 6) is -0.497. The van der Waals surface area contributed by atoms with Crippen molar-refractivity contribution in [1.29, 1.82) is 0 Å². The van der Waals surface area contributed by atoms with Gasteiger partial charge in [0.2, 0.25) is 0 Å².